The van der Waals surface area contributed by atoms with Gasteiger partial charge in [-0.3, -0.25) is 0 Å². The molecule has 0 saturated carbocycles. The summed E-state index contributed by atoms with van der Waals surface area (Å²) in [7, 11) is 0. The second kappa shape index (κ2) is 9.00. The van der Waals surface area contributed by atoms with Crippen LogP contribution in [0.4, 0.5) is 0 Å². The molecule has 17 heavy (non-hydrogen) atoms. The number of unbranched alkanes of at least 4 members (excludes halogenated alkanes) is 1. The summed E-state index contributed by atoms with van der Waals surface area (Å²) in [6.45, 7) is 11.7. The van der Waals surface area contributed by atoms with Gasteiger partial charge >= 0.3 is 0 Å². The normalized spacial score (nSPS) is 17.1. The van der Waals surface area contributed by atoms with Crippen LogP contribution in [0.5, 0.6) is 0 Å². The minimum atomic E-state index is -0.548. The molecule has 0 aromatic rings. The summed E-state index contributed by atoms with van der Waals surface area (Å²) in [5, 5.41) is 10.2. The van der Waals surface area contributed by atoms with E-state index in [0.29, 0.717) is 0 Å². The zero-order valence-electron chi connectivity index (χ0n) is 11.2. The Hall–Kier alpha value is -1.08. The van der Waals surface area contributed by atoms with Crippen molar-refractivity contribution in [2.45, 2.75) is 45.6 Å². The molecule has 0 fully saturated rings. The fraction of sp³-hybridized carbons (Fsp3) is 0.500. The Kier molecular flexibility index (Phi) is 8.43. The summed E-state index contributed by atoms with van der Waals surface area (Å²) in [6, 6.07) is 0. The van der Waals surface area contributed by atoms with Gasteiger partial charge in [0.25, 0.3) is 0 Å². The molecule has 1 heteroatoms. The lowest BCUT2D eigenvalue weighted by Gasteiger charge is -2.31. The van der Waals surface area contributed by atoms with E-state index < -0.39 is 6.10 Å². The van der Waals surface area contributed by atoms with Gasteiger partial charge in [-0.25, -0.2) is 0 Å². The summed E-state index contributed by atoms with van der Waals surface area (Å²) in [5.74, 6) is 0. The highest BCUT2D eigenvalue weighted by Crippen LogP contribution is 2.33. The molecular formula is C16H26O. The summed E-state index contributed by atoms with van der Waals surface area (Å²) >= 11 is 0. The van der Waals surface area contributed by atoms with Gasteiger partial charge in [0.2, 0.25) is 0 Å². The van der Waals surface area contributed by atoms with Crippen LogP contribution in [0.2, 0.25) is 0 Å². The molecule has 0 saturated heterocycles. The Bertz CT molecular complexity index is 275. The Morgan fingerprint density at radius 2 is 1.94 bits per heavy atom. The smallest absolute Gasteiger partial charge is 0.0843 e. The van der Waals surface area contributed by atoms with E-state index in [1.807, 2.05) is 12.2 Å². The van der Waals surface area contributed by atoms with Crippen LogP contribution < -0.4 is 0 Å². The fourth-order valence-corrected chi connectivity index (χ4v) is 1.85. The Morgan fingerprint density at radius 1 is 1.24 bits per heavy atom. The molecule has 0 heterocycles. The van der Waals surface area contributed by atoms with Gasteiger partial charge in [-0.2, -0.15) is 0 Å². The highest BCUT2D eigenvalue weighted by molar-refractivity contribution is 5.20. The highest BCUT2D eigenvalue weighted by Gasteiger charge is 2.29. The van der Waals surface area contributed by atoms with E-state index in [2.05, 4.69) is 39.2 Å². The van der Waals surface area contributed by atoms with Crippen LogP contribution >= 0.6 is 0 Å². The molecule has 0 aliphatic rings. The highest BCUT2D eigenvalue weighted by atomic mass is 16.3. The van der Waals surface area contributed by atoms with Crippen molar-refractivity contribution in [3.8, 4) is 0 Å². The Labute approximate surface area is 106 Å². The van der Waals surface area contributed by atoms with Crippen LogP contribution in [0.3, 0.4) is 0 Å². The maximum atomic E-state index is 10.2. The average molecular weight is 234 g/mol. The summed E-state index contributed by atoms with van der Waals surface area (Å²) in [5.41, 5.74) is -0.331. The second-order valence-corrected chi connectivity index (χ2v) is 4.30. The molecule has 0 spiro atoms. The van der Waals surface area contributed by atoms with Crippen LogP contribution in [-0.4, -0.2) is 11.2 Å². The molecule has 0 radical (unpaired) electrons. The average Bonchev–Trinajstić information content (AvgIpc) is 2.37. The van der Waals surface area contributed by atoms with Crippen molar-refractivity contribution in [2.24, 2.45) is 5.41 Å². The topological polar surface area (TPSA) is 20.2 Å². The SMILES string of the molecule is C=CC=CC(C=CCC)(CCCC)C(O)C=C. The van der Waals surface area contributed by atoms with Crippen molar-refractivity contribution >= 4 is 0 Å². The molecule has 2 atom stereocenters. The van der Waals surface area contributed by atoms with E-state index in [1.165, 1.54) is 0 Å². The van der Waals surface area contributed by atoms with Crippen molar-refractivity contribution in [2.75, 3.05) is 0 Å². The van der Waals surface area contributed by atoms with Gasteiger partial charge in [-0.15, -0.1) is 6.58 Å². The van der Waals surface area contributed by atoms with Crippen LogP contribution in [0.15, 0.2) is 49.6 Å². The minimum Gasteiger partial charge on any atom is -0.388 e. The van der Waals surface area contributed by atoms with Gasteiger partial charge in [0, 0.05) is 5.41 Å². The summed E-state index contributed by atoms with van der Waals surface area (Å²) < 4.78 is 0. The number of allylic oxidation sites excluding steroid dienone is 3. The molecule has 96 valence electrons. The van der Waals surface area contributed by atoms with Crippen molar-refractivity contribution in [1.82, 2.24) is 0 Å². The van der Waals surface area contributed by atoms with Gasteiger partial charge in [-0.1, -0.05) is 69.7 Å². The predicted molar refractivity (Wildman–Crippen MR) is 76.9 cm³/mol. The third kappa shape index (κ3) is 5.18. The van der Waals surface area contributed by atoms with E-state index in [4.69, 9.17) is 0 Å². The standard InChI is InChI=1S/C16H26O/c1-5-9-12-16(13-10-6-2,14-11-7-3)15(17)8-4/h5,8-10,12-13,15,17H,1,4,6-7,11,14H2,2-3H3. The maximum Gasteiger partial charge on any atom is 0.0843 e. The monoisotopic (exact) mass is 234 g/mol. The first-order chi connectivity index (χ1) is 8.16. The molecule has 1 nitrogen and oxygen atoms in total. The minimum absolute atomic E-state index is 0.331. The van der Waals surface area contributed by atoms with Gasteiger partial charge in [0.15, 0.2) is 0 Å². The first-order valence-corrected chi connectivity index (χ1v) is 6.45. The first-order valence-electron chi connectivity index (χ1n) is 6.45. The quantitative estimate of drug-likeness (QED) is 0.462. The zero-order chi connectivity index (χ0) is 13.1. The predicted octanol–water partition coefficient (Wildman–Crippen LogP) is 4.42. The third-order valence-corrected chi connectivity index (χ3v) is 2.94. The molecule has 0 rings (SSSR count). The summed E-state index contributed by atoms with van der Waals surface area (Å²) in [6.07, 6.45) is 15.1. The van der Waals surface area contributed by atoms with E-state index in [9.17, 15) is 5.11 Å². The maximum absolute atomic E-state index is 10.2. The number of rotatable bonds is 9. The lowest BCUT2D eigenvalue weighted by molar-refractivity contribution is 0.124. The fourth-order valence-electron chi connectivity index (χ4n) is 1.85. The number of hydrogen-bond donors (Lipinski definition) is 1. The molecule has 0 aromatic carbocycles. The molecule has 0 aliphatic heterocycles. The molecule has 0 bridgehead atoms. The van der Waals surface area contributed by atoms with Crippen LogP contribution in [0.25, 0.3) is 0 Å². The van der Waals surface area contributed by atoms with Crippen molar-refractivity contribution in [3.63, 3.8) is 0 Å². The lowest BCUT2D eigenvalue weighted by Crippen LogP contribution is -2.30. The molecule has 0 aromatic heterocycles. The van der Waals surface area contributed by atoms with Crippen LogP contribution in [-0.2, 0) is 0 Å². The lowest BCUT2D eigenvalue weighted by atomic mass is 9.76. The molecular weight excluding hydrogens is 208 g/mol. The van der Waals surface area contributed by atoms with Crippen molar-refractivity contribution in [1.29, 1.82) is 0 Å². The van der Waals surface area contributed by atoms with E-state index in [0.717, 1.165) is 25.7 Å². The van der Waals surface area contributed by atoms with Crippen LogP contribution in [0.1, 0.15) is 39.5 Å². The largest absolute Gasteiger partial charge is 0.388 e. The Balaban J connectivity index is 5.17. The molecule has 2 unspecified atom stereocenters. The van der Waals surface area contributed by atoms with Gasteiger partial charge in [0.1, 0.15) is 0 Å². The number of hydrogen-bond acceptors (Lipinski definition) is 1. The van der Waals surface area contributed by atoms with Gasteiger partial charge in [-0.05, 0) is 12.8 Å². The van der Waals surface area contributed by atoms with E-state index >= 15 is 0 Å². The molecule has 1 N–H and O–H groups in total. The van der Waals surface area contributed by atoms with Gasteiger partial charge < -0.3 is 5.11 Å². The van der Waals surface area contributed by atoms with Crippen molar-refractivity contribution in [3.05, 3.63) is 49.6 Å². The second-order valence-electron chi connectivity index (χ2n) is 4.30. The summed E-state index contributed by atoms with van der Waals surface area (Å²) in [4.78, 5) is 0. The van der Waals surface area contributed by atoms with E-state index in [-0.39, 0.29) is 5.41 Å². The molecule has 0 amide bonds. The van der Waals surface area contributed by atoms with Gasteiger partial charge in [0.05, 0.1) is 6.10 Å². The van der Waals surface area contributed by atoms with Crippen molar-refractivity contribution < 1.29 is 5.11 Å². The Morgan fingerprint density at radius 3 is 2.41 bits per heavy atom. The first kappa shape index (κ1) is 15.9. The third-order valence-electron chi connectivity index (χ3n) is 2.94. The molecule has 0 aliphatic carbocycles. The number of aliphatic hydroxyl groups excluding tert-OH is 1. The van der Waals surface area contributed by atoms with Crippen LogP contribution in [0, 0.1) is 5.41 Å². The van der Waals surface area contributed by atoms with E-state index in [1.54, 1.807) is 12.2 Å². The number of aliphatic hydroxyl groups is 1. The zero-order valence-corrected chi connectivity index (χ0v) is 11.2.